The van der Waals surface area contributed by atoms with Gasteiger partial charge in [0.05, 0.1) is 17.6 Å². The molecule has 1 aromatic rings. The van der Waals surface area contributed by atoms with E-state index >= 15 is 0 Å². The molecule has 5 nitrogen and oxygen atoms in total. The molecular formula is C10H12O5S2. The maximum Gasteiger partial charge on any atom is 0.302 e. The first-order chi connectivity index (χ1) is 7.98. The van der Waals surface area contributed by atoms with Crippen molar-refractivity contribution in [3.05, 3.63) is 35.9 Å². The normalized spacial score (nSPS) is 29.0. The summed E-state index contributed by atoms with van der Waals surface area (Å²) in [7, 11) is -3.21. The van der Waals surface area contributed by atoms with Crippen LogP contribution in [0, 0.1) is 0 Å². The summed E-state index contributed by atoms with van der Waals surface area (Å²) in [5, 5.41) is 0. The van der Waals surface area contributed by atoms with Crippen LogP contribution < -0.4 is 0 Å². The fourth-order valence-electron chi connectivity index (χ4n) is 2.03. The molecule has 2 rings (SSSR count). The van der Waals surface area contributed by atoms with Gasteiger partial charge in [-0.1, -0.05) is 30.3 Å². The Kier molecular flexibility index (Phi) is 3.62. The molecule has 1 unspecified atom stereocenters. The number of benzene rings is 1. The second-order valence-corrected chi connectivity index (χ2v) is 6.73. The number of rotatable bonds is 3. The Morgan fingerprint density at radius 2 is 1.88 bits per heavy atom. The van der Waals surface area contributed by atoms with Crippen LogP contribution >= 0.6 is 0 Å². The molecule has 0 saturated carbocycles. The van der Waals surface area contributed by atoms with Crippen molar-refractivity contribution in [1.29, 1.82) is 0 Å². The fraction of sp³-hybridized carbons (Fsp3) is 0.400. The van der Waals surface area contributed by atoms with Gasteiger partial charge in [0.1, 0.15) is 0 Å². The van der Waals surface area contributed by atoms with E-state index in [1.165, 1.54) is 0 Å². The van der Waals surface area contributed by atoms with Crippen molar-refractivity contribution in [2.75, 3.05) is 11.5 Å². The Morgan fingerprint density at radius 3 is 2.47 bits per heavy atom. The highest BCUT2D eigenvalue weighted by Crippen LogP contribution is 2.31. The zero-order valence-electron chi connectivity index (χ0n) is 8.85. The topological polar surface area (TPSA) is 80.7 Å². The van der Waals surface area contributed by atoms with Crippen molar-refractivity contribution >= 4 is 21.2 Å². The second-order valence-electron chi connectivity index (χ2n) is 3.95. The Hall–Kier alpha value is -0.760. The SMILES string of the molecule is O=S(O)O[C@H]1CS(=O)(=O)C[C@@H]1c1ccccc1. The Morgan fingerprint density at radius 1 is 1.24 bits per heavy atom. The zero-order valence-corrected chi connectivity index (χ0v) is 10.5. The smallest absolute Gasteiger partial charge is 0.284 e. The molecule has 1 fully saturated rings. The van der Waals surface area contributed by atoms with Crippen LogP contribution in [0.15, 0.2) is 30.3 Å². The first-order valence-electron chi connectivity index (χ1n) is 5.01. The first-order valence-corrected chi connectivity index (χ1v) is 7.86. The van der Waals surface area contributed by atoms with E-state index in [1.807, 2.05) is 6.07 Å². The maximum atomic E-state index is 11.5. The van der Waals surface area contributed by atoms with Gasteiger partial charge in [-0.25, -0.2) is 8.42 Å². The van der Waals surface area contributed by atoms with Gasteiger partial charge < -0.3 is 0 Å². The molecular weight excluding hydrogens is 264 g/mol. The molecule has 1 N–H and O–H groups in total. The van der Waals surface area contributed by atoms with E-state index in [2.05, 4.69) is 0 Å². The molecule has 0 aromatic heterocycles. The van der Waals surface area contributed by atoms with Crippen molar-refractivity contribution in [2.45, 2.75) is 12.0 Å². The molecule has 0 bridgehead atoms. The lowest BCUT2D eigenvalue weighted by atomic mass is 9.97. The summed E-state index contributed by atoms with van der Waals surface area (Å²) in [4.78, 5) is 0. The van der Waals surface area contributed by atoms with Crippen LogP contribution in [0.5, 0.6) is 0 Å². The van der Waals surface area contributed by atoms with Crippen LogP contribution in [0.3, 0.4) is 0 Å². The largest absolute Gasteiger partial charge is 0.302 e. The molecule has 1 heterocycles. The highest BCUT2D eigenvalue weighted by molar-refractivity contribution is 7.91. The predicted molar refractivity (Wildman–Crippen MR) is 63.5 cm³/mol. The summed E-state index contributed by atoms with van der Waals surface area (Å²) in [5.41, 5.74) is 0.809. The van der Waals surface area contributed by atoms with E-state index in [1.54, 1.807) is 24.3 Å². The van der Waals surface area contributed by atoms with Gasteiger partial charge in [0.15, 0.2) is 9.84 Å². The Bertz CT molecular complexity index is 511. The van der Waals surface area contributed by atoms with Gasteiger partial charge in [-0.2, -0.15) is 4.21 Å². The molecule has 17 heavy (non-hydrogen) atoms. The van der Waals surface area contributed by atoms with Crippen molar-refractivity contribution in [1.82, 2.24) is 0 Å². The van der Waals surface area contributed by atoms with Gasteiger partial charge in [-0.3, -0.25) is 8.74 Å². The lowest BCUT2D eigenvalue weighted by Crippen LogP contribution is -2.21. The first kappa shape index (κ1) is 12.7. The summed E-state index contributed by atoms with van der Waals surface area (Å²) >= 11 is -2.45. The van der Waals surface area contributed by atoms with E-state index in [0.717, 1.165) is 5.56 Å². The molecule has 0 aliphatic carbocycles. The molecule has 0 radical (unpaired) electrons. The summed E-state index contributed by atoms with van der Waals surface area (Å²) in [6, 6.07) is 9.01. The monoisotopic (exact) mass is 276 g/mol. The van der Waals surface area contributed by atoms with E-state index < -0.39 is 27.3 Å². The summed E-state index contributed by atoms with van der Waals surface area (Å²) in [5.74, 6) is -0.630. The minimum Gasteiger partial charge on any atom is -0.284 e. The molecule has 7 heteroatoms. The summed E-state index contributed by atoms with van der Waals surface area (Å²) < 4.78 is 47.2. The van der Waals surface area contributed by atoms with Gasteiger partial charge in [0.25, 0.3) is 0 Å². The van der Waals surface area contributed by atoms with Crippen LogP contribution in [0.25, 0.3) is 0 Å². The van der Waals surface area contributed by atoms with E-state index in [0.29, 0.717) is 0 Å². The average molecular weight is 276 g/mol. The van der Waals surface area contributed by atoms with E-state index in [9.17, 15) is 12.6 Å². The maximum absolute atomic E-state index is 11.5. The van der Waals surface area contributed by atoms with E-state index in [4.69, 9.17) is 8.74 Å². The van der Waals surface area contributed by atoms with Crippen molar-refractivity contribution in [2.24, 2.45) is 0 Å². The number of hydrogen-bond acceptors (Lipinski definition) is 4. The predicted octanol–water partition coefficient (Wildman–Crippen LogP) is 0.720. The highest BCUT2D eigenvalue weighted by atomic mass is 32.2. The fourth-order valence-corrected chi connectivity index (χ4v) is 4.42. The Labute approximate surface area is 102 Å². The van der Waals surface area contributed by atoms with Crippen molar-refractivity contribution in [3.63, 3.8) is 0 Å². The second kappa shape index (κ2) is 4.85. The van der Waals surface area contributed by atoms with E-state index in [-0.39, 0.29) is 17.4 Å². The van der Waals surface area contributed by atoms with Crippen LogP contribution in [0.1, 0.15) is 11.5 Å². The van der Waals surface area contributed by atoms with Gasteiger partial charge in [-0.15, -0.1) is 0 Å². The molecule has 0 spiro atoms. The summed E-state index contributed by atoms with van der Waals surface area (Å²) in [6.07, 6.45) is -0.756. The minimum absolute atomic E-state index is 0.0428. The standard InChI is InChI=1S/C10H12O5S2/c11-16(12)15-10-7-17(13,14)6-9(10)8-4-2-1-3-5-8/h1-5,9-10H,6-7H2,(H,11,12)/t9-,10+/m1/s1. The molecule has 3 atom stereocenters. The molecule has 1 aliphatic rings. The lowest BCUT2D eigenvalue weighted by Gasteiger charge is -2.16. The quantitative estimate of drug-likeness (QED) is 0.823. The summed E-state index contributed by atoms with van der Waals surface area (Å²) in [6.45, 7) is 0. The van der Waals surface area contributed by atoms with Gasteiger partial charge in [0.2, 0.25) is 0 Å². The average Bonchev–Trinajstić information content (AvgIpc) is 2.54. The van der Waals surface area contributed by atoms with Gasteiger partial charge in [0, 0.05) is 5.92 Å². The van der Waals surface area contributed by atoms with Crippen molar-refractivity contribution in [3.8, 4) is 0 Å². The van der Waals surface area contributed by atoms with Gasteiger partial charge in [-0.05, 0) is 5.56 Å². The molecule has 1 aliphatic heterocycles. The molecule has 94 valence electrons. The van der Waals surface area contributed by atoms with Crippen molar-refractivity contribution < 1.29 is 21.4 Å². The van der Waals surface area contributed by atoms with Crippen LogP contribution in [-0.4, -0.2) is 34.8 Å². The van der Waals surface area contributed by atoms with Gasteiger partial charge >= 0.3 is 11.4 Å². The third kappa shape index (κ3) is 3.12. The third-order valence-corrected chi connectivity index (χ3v) is 4.85. The number of sulfone groups is 1. The molecule has 1 aromatic carbocycles. The zero-order chi connectivity index (χ0) is 12.5. The van der Waals surface area contributed by atoms with Crippen LogP contribution in [0.2, 0.25) is 0 Å². The highest BCUT2D eigenvalue weighted by Gasteiger charge is 2.40. The third-order valence-electron chi connectivity index (χ3n) is 2.73. The minimum atomic E-state index is -3.21. The Balaban J connectivity index is 2.28. The molecule has 0 amide bonds. The number of hydrogen-bond donors (Lipinski definition) is 1. The molecule has 1 saturated heterocycles. The van der Waals surface area contributed by atoms with Crippen LogP contribution in [0.4, 0.5) is 0 Å². The lowest BCUT2D eigenvalue weighted by molar-refractivity contribution is 0.210. The van der Waals surface area contributed by atoms with Crippen LogP contribution in [-0.2, 0) is 25.4 Å².